The monoisotopic (exact) mass is 485 g/mol. The zero-order chi connectivity index (χ0) is 25.9. The van der Waals surface area contributed by atoms with Gasteiger partial charge in [0.25, 0.3) is 0 Å². The molecule has 37 heavy (non-hydrogen) atoms. The van der Waals surface area contributed by atoms with Crippen LogP contribution in [-0.2, 0) is 7.05 Å². The first-order chi connectivity index (χ1) is 17.9. The largest absolute Gasteiger partial charge is 0.399 e. The molecule has 0 unspecified atom stereocenters. The number of aromatic nitrogens is 1. The molecule has 4 aromatic carbocycles. The molecular formula is C32H31N5. The minimum atomic E-state index is 0.742. The van der Waals surface area contributed by atoms with Gasteiger partial charge in [0.15, 0.2) is 0 Å². The van der Waals surface area contributed by atoms with Crippen molar-refractivity contribution >= 4 is 34.1 Å². The first-order valence-corrected chi connectivity index (χ1v) is 12.2. The SMILES string of the molecule is C=CN(c1ccc(N)cc1)c1ccc(-c2ccc(-c3ccc(N(C)c4ccc(N)cc4)cc3)n2C)cc1. The van der Waals surface area contributed by atoms with Crippen LogP contribution >= 0.6 is 0 Å². The number of hydrogen-bond acceptors (Lipinski definition) is 4. The Morgan fingerprint density at radius 1 is 0.568 bits per heavy atom. The van der Waals surface area contributed by atoms with E-state index in [-0.39, 0.29) is 0 Å². The molecule has 4 N–H and O–H groups in total. The molecule has 0 amide bonds. The fourth-order valence-corrected chi connectivity index (χ4v) is 4.58. The third-order valence-electron chi connectivity index (χ3n) is 6.75. The molecule has 0 fully saturated rings. The third kappa shape index (κ3) is 4.80. The number of rotatable bonds is 7. The second-order valence-corrected chi connectivity index (χ2v) is 9.05. The molecular weight excluding hydrogens is 454 g/mol. The molecule has 0 spiro atoms. The maximum absolute atomic E-state index is 5.85. The van der Waals surface area contributed by atoms with Gasteiger partial charge < -0.3 is 25.8 Å². The zero-order valence-corrected chi connectivity index (χ0v) is 21.2. The predicted octanol–water partition coefficient (Wildman–Crippen LogP) is 7.57. The predicted molar refractivity (Wildman–Crippen MR) is 158 cm³/mol. The summed E-state index contributed by atoms with van der Waals surface area (Å²) < 4.78 is 2.24. The Kier molecular flexibility index (Phi) is 6.43. The van der Waals surface area contributed by atoms with Crippen LogP contribution in [0, 0.1) is 0 Å². The number of hydrogen-bond donors (Lipinski definition) is 2. The summed E-state index contributed by atoms with van der Waals surface area (Å²) in [4.78, 5) is 4.20. The van der Waals surface area contributed by atoms with Gasteiger partial charge in [-0.3, -0.25) is 0 Å². The van der Waals surface area contributed by atoms with Crippen LogP contribution in [-0.4, -0.2) is 11.6 Å². The lowest BCUT2D eigenvalue weighted by Crippen LogP contribution is -2.09. The van der Waals surface area contributed by atoms with E-state index >= 15 is 0 Å². The number of anilines is 6. The standard InChI is InChI=1S/C32H31N5/c1-4-37(30-19-11-26(34)12-20-30)29-15-7-24(8-16-29)32-22-21-31(36(32)3)23-5-13-27(14-6-23)35(2)28-17-9-25(33)10-18-28/h4-22H,1,33-34H2,2-3H3. The topological polar surface area (TPSA) is 63.4 Å². The van der Waals surface area contributed by atoms with Crippen LogP contribution in [0.5, 0.6) is 0 Å². The van der Waals surface area contributed by atoms with E-state index in [2.05, 4.69) is 90.8 Å². The number of nitrogen functional groups attached to an aromatic ring is 2. The molecule has 0 radical (unpaired) electrons. The van der Waals surface area contributed by atoms with Gasteiger partial charge in [-0.2, -0.15) is 0 Å². The molecule has 184 valence electrons. The highest BCUT2D eigenvalue weighted by Gasteiger charge is 2.12. The van der Waals surface area contributed by atoms with E-state index in [1.165, 1.54) is 5.56 Å². The van der Waals surface area contributed by atoms with Crippen molar-refractivity contribution in [3.63, 3.8) is 0 Å². The van der Waals surface area contributed by atoms with Crippen molar-refractivity contribution in [2.45, 2.75) is 0 Å². The van der Waals surface area contributed by atoms with Crippen LogP contribution in [0.2, 0.25) is 0 Å². The average Bonchev–Trinajstić information content (AvgIpc) is 3.32. The molecule has 0 aliphatic carbocycles. The molecule has 0 atom stereocenters. The van der Waals surface area contributed by atoms with Crippen molar-refractivity contribution in [3.05, 3.63) is 122 Å². The van der Waals surface area contributed by atoms with E-state index in [0.29, 0.717) is 0 Å². The minimum absolute atomic E-state index is 0.742. The van der Waals surface area contributed by atoms with E-state index in [1.54, 1.807) is 0 Å². The molecule has 1 heterocycles. The normalized spacial score (nSPS) is 10.8. The van der Waals surface area contributed by atoms with E-state index in [1.807, 2.05) is 59.6 Å². The van der Waals surface area contributed by atoms with Crippen LogP contribution < -0.4 is 21.3 Å². The van der Waals surface area contributed by atoms with Gasteiger partial charge in [-0.1, -0.05) is 30.8 Å². The first kappa shape index (κ1) is 23.8. The molecule has 5 rings (SSSR count). The van der Waals surface area contributed by atoms with E-state index < -0.39 is 0 Å². The summed E-state index contributed by atoms with van der Waals surface area (Å²) in [5.41, 5.74) is 22.1. The van der Waals surface area contributed by atoms with Crippen LogP contribution in [0.1, 0.15) is 0 Å². The van der Waals surface area contributed by atoms with Gasteiger partial charge in [0.2, 0.25) is 0 Å². The van der Waals surface area contributed by atoms with E-state index in [0.717, 1.165) is 51.1 Å². The van der Waals surface area contributed by atoms with Crippen molar-refractivity contribution in [2.24, 2.45) is 7.05 Å². The Balaban J connectivity index is 1.36. The maximum atomic E-state index is 5.85. The second kappa shape index (κ2) is 9.99. The molecule has 1 aromatic heterocycles. The highest BCUT2D eigenvalue weighted by molar-refractivity contribution is 5.75. The maximum Gasteiger partial charge on any atom is 0.0482 e. The fraction of sp³-hybridized carbons (Fsp3) is 0.0625. The Hall–Kier alpha value is -4.90. The molecule has 0 bridgehead atoms. The highest BCUT2D eigenvalue weighted by Crippen LogP contribution is 2.33. The Morgan fingerprint density at radius 3 is 1.32 bits per heavy atom. The van der Waals surface area contributed by atoms with Crippen LogP contribution in [0.25, 0.3) is 22.5 Å². The highest BCUT2D eigenvalue weighted by atomic mass is 15.1. The molecule has 0 aliphatic rings. The minimum Gasteiger partial charge on any atom is -0.399 e. The lowest BCUT2D eigenvalue weighted by Gasteiger charge is -2.21. The summed E-state index contributed by atoms with van der Waals surface area (Å²) in [7, 11) is 4.17. The van der Waals surface area contributed by atoms with Gasteiger partial charge in [-0.25, -0.2) is 0 Å². The molecule has 0 aliphatic heterocycles. The summed E-state index contributed by atoms with van der Waals surface area (Å²) in [6.45, 7) is 3.99. The summed E-state index contributed by atoms with van der Waals surface area (Å²) in [5.74, 6) is 0. The van der Waals surface area contributed by atoms with Gasteiger partial charge in [0.05, 0.1) is 0 Å². The van der Waals surface area contributed by atoms with Crippen molar-refractivity contribution in [1.29, 1.82) is 0 Å². The van der Waals surface area contributed by atoms with Crippen molar-refractivity contribution in [1.82, 2.24) is 4.57 Å². The van der Waals surface area contributed by atoms with Crippen molar-refractivity contribution in [3.8, 4) is 22.5 Å². The van der Waals surface area contributed by atoms with Gasteiger partial charge in [0, 0.05) is 65.8 Å². The summed E-state index contributed by atoms with van der Waals surface area (Å²) in [6.07, 6.45) is 1.81. The van der Waals surface area contributed by atoms with Crippen molar-refractivity contribution in [2.75, 3.05) is 28.3 Å². The van der Waals surface area contributed by atoms with Gasteiger partial charge in [0.1, 0.15) is 0 Å². The number of benzene rings is 4. The van der Waals surface area contributed by atoms with Crippen LogP contribution in [0.3, 0.4) is 0 Å². The lowest BCUT2D eigenvalue weighted by molar-refractivity contribution is 0.946. The van der Waals surface area contributed by atoms with E-state index in [4.69, 9.17) is 11.5 Å². The first-order valence-electron chi connectivity index (χ1n) is 12.2. The number of nitrogens with zero attached hydrogens (tertiary/aromatic N) is 3. The van der Waals surface area contributed by atoms with E-state index in [9.17, 15) is 0 Å². The smallest absolute Gasteiger partial charge is 0.0482 e. The quantitative estimate of drug-likeness (QED) is 0.233. The average molecular weight is 486 g/mol. The Morgan fingerprint density at radius 2 is 0.919 bits per heavy atom. The van der Waals surface area contributed by atoms with Gasteiger partial charge >= 0.3 is 0 Å². The summed E-state index contributed by atoms with van der Waals surface area (Å²) >= 11 is 0. The third-order valence-corrected chi connectivity index (χ3v) is 6.75. The Labute approximate surface area is 218 Å². The molecule has 5 nitrogen and oxygen atoms in total. The summed E-state index contributed by atoms with van der Waals surface area (Å²) in [5, 5.41) is 0. The van der Waals surface area contributed by atoms with Gasteiger partial charge in [-0.05, 0) is 96.1 Å². The molecule has 0 saturated heterocycles. The van der Waals surface area contributed by atoms with Crippen LogP contribution in [0.4, 0.5) is 34.1 Å². The fourth-order valence-electron chi connectivity index (χ4n) is 4.58. The molecule has 0 saturated carbocycles. The second-order valence-electron chi connectivity index (χ2n) is 9.05. The zero-order valence-electron chi connectivity index (χ0n) is 21.2. The lowest BCUT2D eigenvalue weighted by atomic mass is 10.1. The van der Waals surface area contributed by atoms with Crippen LogP contribution in [0.15, 0.2) is 122 Å². The number of nitrogens with two attached hydrogens (primary N) is 2. The molecule has 5 heteroatoms. The van der Waals surface area contributed by atoms with Gasteiger partial charge in [-0.15, -0.1) is 0 Å². The molecule has 5 aromatic rings. The summed E-state index contributed by atoms with van der Waals surface area (Å²) in [6, 6.07) is 37.2. The Bertz CT molecular complexity index is 1500. The van der Waals surface area contributed by atoms with Crippen molar-refractivity contribution < 1.29 is 0 Å².